The third kappa shape index (κ3) is 3.71. The van der Waals surface area contributed by atoms with E-state index in [0.29, 0.717) is 29.6 Å². The zero-order valence-electron chi connectivity index (χ0n) is 23.3. The summed E-state index contributed by atoms with van der Waals surface area (Å²) in [5, 5.41) is 22.9. The van der Waals surface area contributed by atoms with Gasteiger partial charge in [0.2, 0.25) is 0 Å². The highest BCUT2D eigenvalue weighted by atomic mass is 16.6. The van der Waals surface area contributed by atoms with E-state index in [1.54, 1.807) is 26.8 Å². The summed E-state index contributed by atoms with van der Waals surface area (Å²) in [5.74, 6) is -3.79. The van der Waals surface area contributed by atoms with Crippen molar-refractivity contribution in [2.45, 2.75) is 85.5 Å². The van der Waals surface area contributed by atoms with Crippen LogP contribution in [0.3, 0.4) is 0 Å². The van der Waals surface area contributed by atoms with Crippen LogP contribution in [-0.2, 0) is 23.9 Å². The van der Waals surface area contributed by atoms with E-state index in [1.807, 2.05) is 46.8 Å². The lowest BCUT2D eigenvalue weighted by atomic mass is 9.59. The van der Waals surface area contributed by atoms with Gasteiger partial charge in [0.15, 0.2) is 11.4 Å². The van der Waals surface area contributed by atoms with Crippen molar-refractivity contribution < 1.29 is 34.1 Å². The van der Waals surface area contributed by atoms with E-state index >= 15 is 0 Å². The Bertz CT molecular complexity index is 1100. The number of hydrogen-bond acceptors (Lipinski definition) is 7. The van der Waals surface area contributed by atoms with Crippen LogP contribution in [0.15, 0.2) is 34.9 Å². The van der Waals surface area contributed by atoms with Gasteiger partial charge in [-0.1, -0.05) is 52.8 Å². The number of aliphatic hydroxyl groups is 2. The first-order chi connectivity index (χ1) is 17.2. The number of carbonyl (C=O) groups is 3. The summed E-state index contributed by atoms with van der Waals surface area (Å²) in [6.45, 7) is 14.5. The SMILES string of the molecule is C/C=C(\C)C(=O)O[C@@H]1[C@@H](C)[C@]2(O)[C@@H]3C=C(C)C(=O)[C@@H]3CC(CO)=C[C@H]2[C@@H]2C(C)(C)[C@]12OC(=O)C(C)CC. The first-order valence-electron chi connectivity index (χ1n) is 13.6. The van der Waals surface area contributed by atoms with Crippen molar-refractivity contribution in [1.29, 1.82) is 0 Å². The van der Waals surface area contributed by atoms with E-state index in [0.717, 1.165) is 0 Å². The minimum Gasteiger partial charge on any atom is -0.454 e. The smallest absolute Gasteiger partial charge is 0.333 e. The molecule has 1 unspecified atom stereocenters. The Kier molecular flexibility index (Phi) is 6.90. The fourth-order valence-corrected chi connectivity index (χ4v) is 7.52. The second kappa shape index (κ2) is 9.19. The zero-order chi connectivity index (χ0) is 27.7. The number of ether oxygens (including phenoxy) is 2. The molecule has 2 N–H and O–H groups in total. The summed E-state index contributed by atoms with van der Waals surface area (Å²) in [5.41, 5.74) is -1.51. The fourth-order valence-electron chi connectivity index (χ4n) is 7.52. The minimum absolute atomic E-state index is 0.0287. The van der Waals surface area contributed by atoms with Crippen LogP contribution in [-0.4, -0.2) is 51.8 Å². The van der Waals surface area contributed by atoms with Gasteiger partial charge >= 0.3 is 11.9 Å². The average molecular weight is 515 g/mol. The number of fused-ring (bicyclic) bond motifs is 5. The summed E-state index contributed by atoms with van der Waals surface area (Å²) in [6, 6.07) is 0. The predicted molar refractivity (Wildman–Crippen MR) is 138 cm³/mol. The highest BCUT2D eigenvalue weighted by Crippen LogP contribution is 2.77. The lowest BCUT2D eigenvalue weighted by Crippen LogP contribution is -2.63. The maximum Gasteiger partial charge on any atom is 0.333 e. The van der Waals surface area contributed by atoms with Crippen LogP contribution in [0.1, 0.15) is 68.2 Å². The van der Waals surface area contributed by atoms with Crippen molar-refractivity contribution in [3.8, 4) is 0 Å². The molecule has 0 bridgehead atoms. The Morgan fingerprint density at radius 2 is 1.89 bits per heavy atom. The third-order valence-electron chi connectivity index (χ3n) is 10.2. The van der Waals surface area contributed by atoms with Gasteiger partial charge in [0.25, 0.3) is 0 Å². The average Bonchev–Trinajstić information content (AvgIpc) is 3.26. The molecule has 4 aliphatic rings. The van der Waals surface area contributed by atoms with E-state index in [4.69, 9.17) is 9.47 Å². The molecule has 4 aliphatic carbocycles. The summed E-state index contributed by atoms with van der Waals surface area (Å²) in [6.07, 6.45) is 5.47. The van der Waals surface area contributed by atoms with Crippen molar-refractivity contribution in [2.75, 3.05) is 6.61 Å². The van der Waals surface area contributed by atoms with E-state index in [9.17, 15) is 24.6 Å². The van der Waals surface area contributed by atoms with Gasteiger partial charge in [0.1, 0.15) is 6.10 Å². The van der Waals surface area contributed by atoms with E-state index < -0.39 is 52.4 Å². The molecular formula is C30H42O7. The number of hydrogen-bond donors (Lipinski definition) is 2. The van der Waals surface area contributed by atoms with Crippen molar-refractivity contribution in [2.24, 2.45) is 40.9 Å². The molecule has 0 spiro atoms. The lowest BCUT2D eigenvalue weighted by Gasteiger charge is -2.52. The molecular weight excluding hydrogens is 472 g/mol. The van der Waals surface area contributed by atoms with Crippen LogP contribution in [0.5, 0.6) is 0 Å². The Balaban J connectivity index is 1.92. The van der Waals surface area contributed by atoms with Gasteiger partial charge in [-0.2, -0.15) is 0 Å². The van der Waals surface area contributed by atoms with E-state index in [-0.39, 0.29) is 30.2 Å². The fraction of sp³-hybridized carbons (Fsp3) is 0.700. The van der Waals surface area contributed by atoms with Crippen LogP contribution in [0.25, 0.3) is 0 Å². The number of ketones is 1. The van der Waals surface area contributed by atoms with Crippen molar-refractivity contribution >= 4 is 17.7 Å². The molecule has 37 heavy (non-hydrogen) atoms. The topological polar surface area (TPSA) is 110 Å². The normalized spacial score (nSPS) is 40.8. The molecule has 0 aromatic carbocycles. The lowest BCUT2D eigenvalue weighted by molar-refractivity contribution is -0.220. The standard InChI is InChI=1S/C30H42O7/c1-9-15(3)26(33)36-25-18(6)29(35)21-11-17(5)23(32)20(21)12-19(14-31)13-22(29)24-28(7,8)30(24,25)37-27(34)16(4)10-2/h9,11,13,16,18,20-22,24-25,31,35H,10,12,14H2,1-8H3/b15-9+/t16?,18-,20-,21-,22+,24-,25-,29+,30-/m1/s1. The highest BCUT2D eigenvalue weighted by molar-refractivity contribution is 6.00. The minimum atomic E-state index is -1.45. The van der Waals surface area contributed by atoms with Crippen molar-refractivity contribution in [1.82, 2.24) is 0 Å². The molecule has 0 saturated heterocycles. The second-order valence-electron chi connectivity index (χ2n) is 12.3. The summed E-state index contributed by atoms with van der Waals surface area (Å²) in [4.78, 5) is 39.5. The van der Waals surface area contributed by atoms with Crippen LogP contribution in [0.2, 0.25) is 0 Å². The predicted octanol–water partition coefficient (Wildman–Crippen LogP) is 3.93. The van der Waals surface area contributed by atoms with Gasteiger partial charge in [-0.15, -0.1) is 0 Å². The number of aliphatic hydroxyl groups excluding tert-OH is 1. The Morgan fingerprint density at radius 3 is 2.46 bits per heavy atom. The molecule has 2 saturated carbocycles. The van der Waals surface area contributed by atoms with Crippen LogP contribution in [0, 0.1) is 40.9 Å². The number of esters is 2. The van der Waals surface area contributed by atoms with E-state index in [2.05, 4.69) is 0 Å². The van der Waals surface area contributed by atoms with Crippen molar-refractivity contribution in [3.63, 3.8) is 0 Å². The molecule has 0 heterocycles. The van der Waals surface area contributed by atoms with Gasteiger partial charge in [0.05, 0.1) is 18.1 Å². The molecule has 0 aromatic rings. The third-order valence-corrected chi connectivity index (χ3v) is 10.2. The summed E-state index contributed by atoms with van der Waals surface area (Å²) in [7, 11) is 0. The van der Waals surface area contributed by atoms with Crippen LogP contribution in [0.4, 0.5) is 0 Å². The quantitative estimate of drug-likeness (QED) is 0.314. The Labute approximate surface area is 220 Å². The van der Waals surface area contributed by atoms with Crippen molar-refractivity contribution in [3.05, 3.63) is 34.9 Å². The first-order valence-corrected chi connectivity index (χ1v) is 13.6. The van der Waals surface area contributed by atoms with Gasteiger partial charge in [-0.25, -0.2) is 4.79 Å². The monoisotopic (exact) mass is 514 g/mol. The highest BCUT2D eigenvalue weighted by Gasteiger charge is 2.87. The Hall–Kier alpha value is -2.25. The van der Waals surface area contributed by atoms with Gasteiger partial charge in [-0.3, -0.25) is 9.59 Å². The molecule has 204 valence electrons. The second-order valence-corrected chi connectivity index (χ2v) is 12.3. The number of carbonyl (C=O) groups excluding carboxylic acids is 3. The summed E-state index contributed by atoms with van der Waals surface area (Å²) < 4.78 is 12.5. The molecule has 0 aromatic heterocycles. The molecule has 9 atom stereocenters. The van der Waals surface area contributed by atoms with Gasteiger partial charge in [-0.05, 0) is 44.8 Å². The maximum absolute atomic E-state index is 13.2. The van der Waals surface area contributed by atoms with Gasteiger partial charge in [0, 0.05) is 40.6 Å². The Morgan fingerprint density at radius 1 is 1.24 bits per heavy atom. The zero-order valence-corrected chi connectivity index (χ0v) is 23.3. The molecule has 0 amide bonds. The molecule has 4 rings (SSSR count). The molecule has 0 aliphatic heterocycles. The number of Topliss-reactive ketones (excluding diaryl/α,β-unsaturated/α-hetero) is 1. The number of allylic oxidation sites excluding steroid dienone is 2. The van der Waals surface area contributed by atoms with Crippen LogP contribution >= 0.6 is 0 Å². The van der Waals surface area contributed by atoms with Gasteiger partial charge < -0.3 is 19.7 Å². The summed E-state index contributed by atoms with van der Waals surface area (Å²) >= 11 is 0. The number of rotatable bonds is 6. The molecule has 2 fully saturated rings. The molecule has 7 heteroatoms. The van der Waals surface area contributed by atoms with E-state index in [1.165, 1.54) is 0 Å². The first kappa shape index (κ1) is 27.8. The van der Waals surface area contributed by atoms with Crippen LogP contribution < -0.4 is 0 Å². The molecule has 0 radical (unpaired) electrons. The maximum atomic E-state index is 13.2. The molecule has 7 nitrogen and oxygen atoms in total. The largest absolute Gasteiger partial charge is 0.454 e.